The highest BCUT2D eigenvalue weighted by Gasteiger charge is 2.20. The van der Waals surface area contributed by atoms with Crippen molar-refractivity contribution in [2.45, 2.75) is 6.92 Å². The van der Waals surface area contributed by atoms with E-state index < -0.39 is 38.6 Å². The summed E-state index contributed by atoms with van der Waals surface area (Å²) >= 11 is 0. The second kappa shape index (κ2) is 7.34. The molecule has 2 rings (SSSR count). The summed E-state index contributed by atoms with van der Waals surface area (Å²) in [6, 6.07) is 6.15. The van der Waals surface area contributed by atoms with Gasteiger partial charge in [-0.1, -0.05) is 0 Å². The monoisotopic (exact) mass is 349 g/mol. The summed E-state index contributed by atoms with van der Waals surface area (Å²) in [4.78, 5) is 32.5. The molecule has 0 saturated heterocycles. The van der Waals surface area contributed by atoms with E-state index in [9.17, 15) is 29.4 Å². The van der Waals surface area contributed by atoms with Crippen LogP contribution in [0.2, 0.25) is 0 Å². The summed E-state index contributed by atoms with van der Waals surface area (Å²) in [5.74, 6) is -1.74. The molecule has 0 atom stereocenters. The summed E-state index contributed by atoms with van der Waals surface area (Å²) in [5, 5.41) is 23.9. The van der Waals surface area contributed by atoms with Gasteiger partial charge in [0.05, 0.1) is 22.1 Å². The zero-order valence-corrected chi connectivity index (χ0v) is 12.9. The van der Waals surface area contributed by atoms with Crippen molar-refractivity contribution in [3.05, 3.63) is 68.0 Å². The number of non-ortho nitro benzene ring substituents is 1. The van der Waals surface area contributed by atoms with E-state index >= 15 is 0 Å². The number of nitrogens with zero attached hydrogens (tertiary/aromatic N) is 2. The number of benzene rings is 2. The van der Waals surface area contributed by atoms with Gasteiger partial charge < -0.3 is 10.1 Å². The molecule has 2 aromatic carbocycles. The number of hydrogen-bond acceptors (Lipinski definition) is 6. The average Bonchev–Trinajstić information content (AvgIpc) is 2.57. The van der Waals surface area contributed by atoms with E-state index in [0.29, 0.717) is 0 Å². The van der Waals surface area contributed by atoms with E-state index in [-0.39, 0.29) is 17.9 Å². The van der Waals surface area contributed by atoms with Crippen LogP contribution in [0, 0.1) is 26.0 Å². The topological polar surface area (TPSA) is 125 Å². The number of carbonyl (C=O) groups is 1. The number of nitro benzene ring substituents is 2. The predicted octanol–water partition coefficient (Wildman–Crippen LogP) is 3.29. The number of nitrogens with one attached hydrogen (secondary N) is 1. The van der Waals surface area contributed by atoms with Gasteiger partial charge in [0.1, 0.15) is 5.82 Å². The van der Waals surface area contributed by atoms with Crippen LogP contribution in [0.4, 0.5) is 21.5 Å². The second-order valence-electron chi connectivity index (χ2n) is 4.75. The minimum Gasteiger partial charge on any atom is -0.487 e. The molecular formula is C15H12FN3O6. The Balaban J connectivity index is 2.32. The van der Waals surface area contributed by atoms with Crippen LogP contribution in [0.5, 0.6) is 5.75 Å². The lowest BCUT2D eigenvalue weighted by molar-refractivity contribution is -0.385. The van der Waals surface area contributed by atoms with E-state index in [1.807, 2.05) is 0 Å². The van der Waals surface area contributed by atoms with Gasteiger partial charge in [-0.25, -0.2) is 4.39 Å². The van der Waals surface area contributed by atoms with Gasteiger partial charge in [-0.3, -0.25) is 25.0 Å². The molecule has 0 saturated carbocycles. The quantitative estimate of drug-likeness (QED) is 0.630. The smallest absolute Gasteiger partial charge is 0.311 e. The first-order valence-corrected chi connectivity index (χ1v) is 7.00. The zero-order chi connectivity index (χ0) is 18.6. The second-order valence-corrected chi connectivity index (χ2v) is 4.75. The van der Waals surface area contributed by atoms with Gasteiger partial charge in [0.2, 0.25) is 0 Å². The third-order valence-corrected chi connectivity index (χ3v) is 3.13. The van der Waals surface area contributed by atoms with Crippen LogP contribution in [-0.2, 0) is 0 Å². The van der Waals surface area contributed by atoms with Crippen molar-refractivity contribution in [3.63, 3.8) is 0 Å². The molecule has 130 valence electrons. The van der Waals surface area contributed by atoms with Crippen molar-refractivity contribution < 1.29 is 23.8 Å². The SMILES string of the molecule is CCOc1ccc(C(=O)Nc2cc([N+](=O)[O-])ccc2F)cc1[N+](=O)[O-]. The number of amides is 1. The van der Waals surface area contributed by atoms with E-state index in [1.165, 1.54) is 12.1 Å². The molecule has 0 heterocycles. The Morgan fingerprint density at radius 3 is 2.48 bits per heavy atom. The highest BCUT2D eigenvalue weighted by atomic mass is 19.1. The number of anilines is 1. The molecule has 0 unspecified atom stereocenters. The van der Waals surface area contributed by atoms with Crippen molar-refractivity contribution in [2.24, 2.45) is 0 Å². The fourth-order valence-electron chi connectivity index (χ4n) is 2.00. The first-order valence-electron chi connectivity index (χ1n) is 7.00. The first-order chi connectivity index (χ1) is 11.8. The summed E-state index contributed by atoms with van der Waals surface area (Å²) < 4.78 is 18.8. The van der Waals surface area contributed by atoms with Gasteiger partial charge in [0.25, 0.3) is 11.6 Å². The fraction of sp³-hybridized carbons (Fsp3) is 0.133. The van der Waals surface area contributed by atoms with Crippen LogP contribution in [0.15, 0.2) is 36.4 Å². The lowest BCUT2D eigenvalue weighted by Gasteiger charge is -2.08. The number of carbonyl (C=O) groups excluding carboxylic acids is 1. The number of ether oxygens (including phenoxy) is 1. The lowest BCUT2D eigenvalue weighted by atomic mass is 10.1. The maximum atomic E-state index is 13.7. The Kier molecular flexibility index (Phi) is 5.22. The van der Waals surface area contributed by atoms with Gasteiger partial charge in [-0.15, -0.1) is 0 Å². The van der Waals surface area contributed by atoms with E-state index in [1.54, 1.807) is 6.92 Å². The molecule has 0 aliphatic heterocycles. The molecule has 0 aromatic heterocycles. The molecule has 0 aliphatic rings. The van der Waals surface area contributed by atoms with Gasteiger partial charge in [-0.05, 0) is 25.1 Å². The van der Waals surface area contributed by atoms with E-state index in [0.717, 1.165) is 24.3 Å². The number of hydrogen-bond donors (Lipinski definition) is 1. The highest BCUT2D eigenvalue weighted by Crippen LogP contribution is 2.29. The molecule has 0 fully saturated rings. The molecule has 1 amide bonds. The van der Waals surface area contributed by atoms with Crippen molar-refractivity contribution in [1.82, 2.24) is 0 Å². The first kappa shape index (κ1) is 17.8. The Morgan fingerprint density at radius 1 is 1.16 bits per heavy atom. The third-order valence-electron chi connectivity index (χ3n) is 3.13. The van der Waals surface area contributed by atoms with Crippen molar-refractivity contribution in [3.8, 4) is 5.75 Å². The van der Waals surface area contributed by atoms with E-state index in [4.69, 9.17) is 4.74 Å². The van der Waals surface area contributed by atoms with E-state index in [2.05, 4.69) is 5.32 Å². The van der Waals surface area contributed by atoms with Crippen molar-refractivity contribution in [1.29, 1.82) is 0 Å². The van der Waals surface area contributed by atoms with Crippen LogP contribution in [0.1, 0.15) is 17.3 Å². The maximum absolute atomic E-state index is 13.7. The van der Waals surface area contributed by atoms with Crippen LogP contribution < -0.4 is 10.1 Å². The summed E-state index contributed by atoms with van der Waals surface area (Å²) in [6.07, 6.45) is 0. The molecule has 25 heavy (non-hydrogen) atoms. The Hall–Kier alpha value is -3.56. The maximum Gasteiger partial charge on any atom is 0.311 e. The lowest BCUT2D eigenvalue weighted by Crippen LogP contribution is -2.13. The third kappa shape index (κ3) is 4.05. The molecule has 0 spiro atoms. The van der Waals surface area contributed by atoms with Gasteiger partial charge in [0, 0.05) is 23.8 Å². The molecule has 0 aliphatic carbocycles. The van der Waals surface area contributed by atoms with Gasteiger partial charge in [0.15, 0.2) is 5.75 Å². The standard InChI is InChI=1S/C15H12FN3O6/c1-2-25-14-6-3-9(7-13(14)19(23)24)15(20)17-12-8-10(18(21)22)4-5-11(12)16/h3-8H,2H2,1H3,(H,17,20). The molecule has 9 nitrogen and oxygen atoms in total. The van der Waals surface area contributed by atoms with Gasteiger partial charge in [-0.2, -0.15) is 0 Å². The van der Waals surface area contributed by atoms with Crippen molar-refractivity contribution in [2.75, 3.05) is 11.9 Å². The van der Waals surface area contributed by atoms with Crippen LogP contribution in [-0.4, -0.2) is 22.4 Å². The van der Waals surface area contributed by atoms with Crippen molar-refractivity contribution >= 4 is 23.0 Å². The number of rotatable bonds is 6. The summed E-state index contributed by atoms with van der Waals surface area (Å²) in [7, 11) is 0. The minimum absolute atomic E-state index is 0.00872. The molecule has 1 N–H and O–H groups in total. The van der Waals surface area contributed by atoms with Gasteiger partial charge >= 0.3 is 5.69 Å². The highest BCUT2D eigenvalue weighted by molar-refractivity contribution is 6.05. The molecular weight excluding hydrogens is 337 g/mol. The van der Waals surface area contributed by atoms with Crippen LogP contribution >= 0.6 is 0 Å². The normalized spacial score (nSPS) is 10.2. The molecule has 0 radical (unpaired) electrons. The molecule has 0 bridgehead atoms. The minimum atomic E-state index is -0.876. The number of nitro groups is 2. The summed E-state index contributed by atoms with van der Waals surface area (Å²) in [5.41, 5.74) is -1.36. The molecule has 10 heteroatoms. The molecule has 2 aromatic rings. The zero-order valence-electron chi connectivity index (χ0n) is 12.9. The fourth-order valence-corrected chi connectivity index (χ4v) is 2.00. The Morgan fingerprint density at radius 2 is 1.88 bits per heavy atom. The number of halogens is 1. The predicted molar refractivity (Wildman–Crippen MR) is 85.3 cm³/mol. The average molecular weight is 349 g/mol. The van der Waals surface area contributed by atoms with Crippen LogP contribution in [0.3, 0.4) is 0 Å². The van der Waals surface area contributed by atoms with Crippen LogP contribution in [0.25, 0.3) is 0 Å². The Bertz CT molecular complexity index is 855. The summed E-state index contributed by atoms with van der Waals surface area (Å²) in [6.45, 7) is 1.85. The Labute approximate surface area is 140 Å². The largest absolute Gasteiger partial charge is 0.487 e.